The molecule has 3 heteroatoms. The van der Waals surface area contributed by atoms with E-state index in [0.29, 0.717) is 0 Å². The van der Waals surface area contributed by atoms with Gasteiger partial charge >= 0.3 is 0 Å². The number of thiophene rings is 1. The van der Waals surface area contributed by atoms with Crippen molar-refractivity contribution in [3.8, 4) is 11.1 Å². The fourth-order valence-corrected chi connectivity index (χ4v) is 5.71. The molecule has 138 valence electrons. The summed E-state index contributed by atoms with van der Waals surface area (Å²) < 4.78 is 1.92. The molecule has 0 N–H and O–H groups in total. The van der Waals surface area contributed by atoms with Crippen LogP contribution in [0.5, 0.6) is 0 Å². The third kappa shape index (κ3) is 2.74. The van der Waals surface area contributed by atoms with Crippen molar-refractivity contribution in [3.05, 3.63) is 82.4 Å². The Bertz CT molecular complexity index is 1200. The number of fused-ring (bicyclic) bond motifs is 3. The Morgan fingerprint density at radius 2 is 1.68 bits per heavy atom. The zero-order valence-corrected chi connectivity index (χ0v) is 16.6. The molecular weight excluding hydrogens is 362 g/mol. The van der Waals surface area contributed by atoms with E-state index in [0.717, 1.165) is 28.9 Å². The number of nitrogens with zero attached hydrogens (tertiary/aromatic N) is 1. The van der Waals surface area contributed by atoms with E-state index in [-0.39, 0.29) is 5.91 Å². The van der Waals surface area contributed by atoms with Crippen LogP contribution in [0, 0.1) is 0 Å². The van der Waals surface area contributed by atoms with Crippen LogP contribution in [0.3, 0.4) is 0 Å². The van der Waals surface area contributed by atoms with E-state index in [1.807, 2.05) is 28.8 Å². The Labute approximate surface area is 168 Å². The SMILES string of the molecule is CC(=O)n1c(C=Cc2ccccc2)c(-c2ccccc2)c2c3c(sc21)CCC3. The summed E-state index contributed by atoms with van der Waals surface area (Å²) in [5.41, 5.74) is 5.93. The quantitative estimate of drug-likeness (QED) is 0.386. The lowest BCUT2D eigenvalue weighted by atomic mass is 9.99. The molecule has 0 bridgehead atoms. The average molecular weight is 384 g/mol. The van der Waals surface area contributed by atoms with Gasteiger partial charge in [0, 0.05) is 22.8 Å². The molecule has 0 amide bonds. The van der Waals surface area contributed by atoms with Crippen molar-refractivity contribution in [1.82, 2.24) is 4.57 Å². The van der Waals surface area contributed by atoms with Gasteiger partial charge in [-0.3, -0.25) is 9.36 Å². The van der Waals surface area contributed by atoms with Crippen LogP contribution in [0.25, 0.3) is 33.5 Å². The maximum atomic E-state index is 12.7. The highest BCUT2D eigenvalue weighted by Crippen LogP contribution is 2.46. The van der Waals surface area contributed by atoms with Gasteiger partial charge in [0.05, 0.1) is 5.69 Å². The number of carbonyl (C=O) groups excluding carboxylic acids is 1. The lowest BCUT2D eigenvalue weighted by molar-refractivity contribution is 0.0941. The number of rotatable bonds is 3. The Kier molecular flexibility index (Phi) is 4.25. The molecule has 1 aliphatic carbocycles. The van der Waals surface area contributed by atoms with E-state index in [9.17, 15) is 4.79 Å². The predicted octanol–water partition coefficient (Wildman–Crippen LogP) is 6.69. The maximum Gasteiger partial charge on any atom is 0.229 e. The maximum absolute atomic E-state index is 12.7. The Balaban J connectivity index is 1.82. The molecule has 5 rings (SSSR count). The van der Waals surface area contributed by atoms with Gasteiger partial charge in [0.2, 0.25) is 5.91 Å². The van der Waals surface area contributed by atoms with Crippen LogP contribution < -0.4 is 0 Å². The summed E-state index contributed by atoms with van der Waals surface area (Å²) in [4.78, 5) is 15.3. The van der Waals surface area contributed by atoms with Crippen molar-refractivity contribution in [3.63, 3.8) is 0 Å². The van der Waals surface area contributed by atoms with Gasteiger partial charge in [-0.15, -0.1) is 11.3 Å². The first kappa shape index (κ1) is 17.2. The van der Waals surface area contributed by atoms with E-state index in [1.54, 1.807) is 18.3 Å². The van der Waals surface area contributed by atoms with Gasteiger partial charge < -0.3 is 0 Å². The van der Waals surface area contributed by atoms with Gasteiger partial charge in [-0.1, -0.05) is 66.7 Å². The second-order valence-electron chi connectivity index (χ2n) is 7.26. The molecular formula is C25H21NOS. The first-order valence-electron chi connectivity index (χ1n) is 9.72. The number of benzene rings is 2. The highest BCUT2D eigenvalue weighted by molar-refractivity contribution is 7.19. The predicted molar refractivity (Wildman–Crippen MR) is 119 cm³/mol. The molecule has 2 heterocycles. The molecule has 0 unspecified atom stereocenters. The molecule has 0 atom stereocenters. The van der Waals surface area contributed by atoms with E-state index >= 15 is 0 Å². The van der Waals surface area contributed by atoms with Gasteiger partial charge in [0.25, 0.3) is 0 Å². The fraction of sp³-hybridized carbons (Fsp3) is 0.160. The molecule has 28 heavy (non-hydrogen) atoms. The van der Waals surface area contributed by atoms with Crippen LogP contribution in [-0.2, 0) is 12.8 Å². The Morgan fingerprint density at radius 1 is 0.964 bits per heavy atom. The molecule has 2 aromatic carbocycles. The van der Waals surface area contributed by atoms with Crippen molar-refractivity contribution in [2.75, 3.05) is 0 Å². The van der Waals surface area contributed by atoms with Crippen LogP contribution in [0.4, 0.5) is 0 Å². The largest absolute Gasteiger partial charge is 0.274 e. The number of carbonyl (C=O) groups is 1. The number of hydrogen-bond donors (Lipinski definition) is 0. The second-order valence-corrected chi connectivity index (χ2v) is 8.35. The van der Waals surface area contributed by atoms with Gasteiger partial charge in [-0.2, -0.15) is 0 Å². The topological polar surface area (TPSA) is 22.0 Å². The van der Waals surface area contributed by atoms with Crippen LogP contribution >= 0.6 is 11.3 Å². The van der Waals surface area contributed by atoms with E-state index < -0.39 is 0 Å². The van der Waals surface area contributed by atoms with Crippen molar-refractivity contribution in [2.45, 2.75) is 26.2 Å². The monoisotopic (exact) mass is 383 g/mol. The lowest BCUT2D eigenvalue weighted by Gasteiger charge is -2.07. The summed E-state index contributed by atoms with van der Waals surface area (Å²) in [6.07, 6.45) is 7.67. The van der Waals surface area contributed by atoms with Crippen LogP contribution in [0.15, 0.2) is 60.7 Å². The van der Waals surface area contributed by atoms with Gasteiger partial charge in [-0.25, -0.2) is 0 Å². The smallest absolute Gasteiger partial charge is 0.229 e. The van der Waals surface area contributed by atoms with Gasteiger partial charge in [0.15, 0.2) is 0 Å². The highest BCUT2D eigenvalue weighted by atomic mass is 32.1. The minimum absolute atomic E-state index is 0.0693. The molecule has 0 radical (unpaired) electrons. The summed E-state index contributed by atoms with van der Waals surface area (Å²) in [6, 6.07) is 20.7. The normalized spacial score (nSPS) is 13.5. The molecule has 0 fully saturated rings. The first-order valence-corrected chi connectivity index (χ1v) is 10.5. The van der Waals surface area contributed by atoms with Crippen LogP contribution in [-0.4, -0.2) is 10.5 Å². The minimum atomic E-state index is 0.0693. The number of hydrogen-bond acceptors (Lipinski definition) is 2. The molecule has 1 aliphatic rings. The molecule has 4 aromatic rings. The lowest BCUT2D eigenvalue weighted by Crippen LogP contribution is -2.06. The zero-order chi connectivity index (χ0) is 19.1. The summed E-state index contributed by atoms with van der Waals surface area (Å²) >= 11 is 1.80. The third-order valence-corrected chi connectivity index (χ3v) is 6.74. The zero-order valence-electron chi connectivity index (χ0n) is 15.8. The van der Waals surface area contributed by atoms with E-state index in [4.69, 9.17) is 0 Å². The highest BCUT2D eigenvalue weighted by Gasteiger charge is 2.27. The van der Waals surface area contributed by atoms with Crippen LogP contribution in [0.1, 0.15) is 39.8 Å². The Hall–Kier alpha value is -2.91. The minimum Gasteiger partial charge on any atom is -0.274 e. The molecule has 0 saturated heterocycles. The van der Waals surface area contributed by atoms with Crippen molar-refractivity contribution in [2.24, 2.45) is 0 Å². The Morgan fingerprint density at radius 3 is 2.39 bits per heavy atom. The molecule has 2 nitrogen and oxygen atoms in total. The van der Waals surface area contributed by atoms with Gasteiger partial charge in [-0.05, 0) is 42.0 Å². The summed E-state index contributed by atoms with van der Waals surface area (Å²) in [5, 5.41) is 1.28. The molecule has 0 saturated carbocycles. The van der Waals surface area contributed by atoms with Crippen molar-refractivity contribution < 1.29 is 4.79 Å². The molecule has 0 aliphatic heterocycles. The third-order valence-electron chi connectivity index (χ3n) is 5.46. The van der Waals surface area contributed by atoms with E-state index in [1.165, 1.54) is 33.4 Å². The number of aromatic nitrogens is 1. The van der Waals surface area contributed by atoms with E-state index in [2.05, 4.69) is 48.6 Å². The summed E-state index contributed by atoms with van der Waals surface area (Å²) in [6.45, 7) is 1.67. The fourth-order valence-electron chi connectivity index (χ4n) is 4.26. The summed E-state index contributed by atoms with van der Waals surface area (Å²) in [5.74, 6) is 0.0693. The van der Waals surface area contributed by atoms with Crippen molar-refractivity contribution >= 4 is 39.6 Å². The van der Waals surface area contributed by atoms with Crippen molar-refractivity contribution in [1.29, 1.82) is 0 Å². The average Bonchev–Trinajstić information content (AvgIpc) is 3.37. The summed E-state index contributed by atoms with van der Waals surface area (Å²) in [7, 11) is 0. The van der Waals surface area contributed by atoms with Crippen LogP contribution in [0.2, 0.25) is 0 Å². The van der Waals surface area contributed by atoms with Gasteiger partial charge in [0.1, 0.15) is 4.83 Å². The molecule has 2 aromatic heterocycles. The number of aryl methyl sites for hydroxylation is 2. The standard InChI is InChI=1S/C25H21NOS/c1-17(27)26-21(16-15-18-9-4-2-5-10-18)23(19-11-6-3-7-12-19)24-20-13-8-14-22(20)28-25(24)26/h2-7,9-12,15-16H,8,13-14H2,1H3. The first-order chi connectivity index (χ1) is 13.7. The second kappa shape index (κ2) is 6.92. The molecule has 0 spiro atoms.